The van der Waals surface area contributed by atoms with Gasteiger partial charge in [0.25, 0.3) is 5.91 Å². The van der Waals surface area contributed by atoms with E-state index in [-0.39, 0.29) is 30.8 Å². The second-order valence-corrected chi connectivity index (χ2v) is 7.92. The fraction of sp³-hybridized carbons (Fsp3) is 0.500. The maximum absolute atomic E-state index is 12.7. The first kappa shape index (κ1) is 16.4. The number of carbonyl (C=O) groups excluding carboxylic acids is 3. The lowest BCUT2D eigenvalue weighted by atomic mass is 9.98. The Morgan fingerprint density at radius 1 is 1.20 bits per heavy atom. The molecule has 3 aliphatic rings. The maximum Gasteiger partial charge on any atom is 0.325 e. The van der Waals surface area contributed by atoms with Crippen molar-refractivity contribution in [2.24, 2.45) is 0 Å². The number of urea groups is 1. The zero-order valence-electron chi connectivity index (χ0n) is 14.0. The lowest BCUT2D eigenvalue weighted by molar-refractivity contribution is -0.131. The van der Waals surface area contributed by atoms with Crippen LogP contribution in [0.3, 0.4) is 0 Å². The number of hydrogen-bond acceptors (Lipinski definition) is 4. The molecule has 6 nitrogen and oxygen atoms in total. The minimum Gasteiger partial charge on any atom is -0.323 e. The van der Waals surface area contributed by atoms with Gasteiger partial charge in [-0.1, -0.05) is 25.0 Å². The SMILES string of the molecule is O=C1NC2(CCCC2)C(=O)N1CCC(=O)N1CCSc2ccccc21. The van der Waals surface area contributed by atoms with Crippen LogP contribution in [-0.2, 0) is 9.59 Å². The smallest absolute Gasteiger partial charge is 0.323 e. The number of nitrogens with zero attached hydrogens (tertiary/aromatic N) is 2. The Kier molecular flexibility index (Phi) is 4.19. The van der Waals surface area contributed by atoms with Gasteiger partial charge in [0, 0.05) is 30.2 Å². The lowest BCUT2D eigenvalue weighted by Gasteiger charge is -2.29. The van der Waals surface area contributed by atoms with E-state index < -0.39 is 5.54 Å². The van der Waals surface area contributed by atoms with Crippen LogP contribution in [0.4, 0.5) is 10.5 Å². The Morgan fingerprint density at radius 2 is 1.96 bits per heavy atom. The Hall–Kier alpha value is -2.02. The van der Waals surface area contributed by atoms with Crippen molar-refractivity contribution in [3.8, 4) is 0 Å². The first-order chi connectivity index (χ1) is 12.1. The molecule has 1 saturated heterocycles. The molecule has 1 N–H and O–H groups in total. The van der Waals surface area contributed by atoms with Crippen LogP contribution in [0.25, 0.3) is 0 Å². The molecule has 1 aromatic carbocycles. The van der Waals surface area contributed by atoms with Gasteiger partial charge < -0.3 is 10.2 Å². The Balaban J connectivity index is 1.43. The third-order valence-electron chi connectivity index (χ3n) is 5.28. The predicted molar refractivity (Wildman–Crippen MR) is 95.6 cm³/mol. The number of carbonyl (C=O) groups is 3. The standard InChI is InChI=1S/C18H21N3O3S/c22-15(20-11-12-25-14-6-2-1-5-13(14)20)7-10-21-16(23)18(19-17(21)24)8-3-4-9-18/h1-2,5-6H,3-4,7-12H2,(H,19,24). The van der Waals surface area contributed by atoms with E-state index >= 15 is 0 Å². The summed E-state index contributed by atoms with van der Waals surface area (Å²) in [4.78, 5) is 41.6. The maximum atomic E-state index is 12.7. The van der Waals surface area contributed by atoms with Crippen molar-refractivity contribution in [3.63, 3.8) is 0 Å². The van der Waals surface area contributed by atoms with Crippen molar-refractivity contribution >= 4 is 35.3 Å². The van der Waals surface area contributed by atoms with Gasteiger partial charge in [0.05, 0.1) is 5.69 Å². The average molecular weight is 359 g/mol. The van der Waals surface area contributed by atoms with E-state index in [1.165, 1.54) is 4.90 Å². The Morgan fingerprint density at radius 3 is 2.76 bits per heavy atom. The minimum atomic E-state index is -0.700. The first-order valence-corrected chi connectivity index (χ1v) is 9.76. The van der Waals surface area contributed by atoms with Gasteiger partial charge in [-0.05, 0) is 25.0 Å². The fourth-order valence-electron chi connectivity index (χ4n) is 3.97. The van der Waals surface area contributed by atoms with Crippen molar-refractivity contribution < 1.29 is 14.4 Å². The second-order valence-electron chi connectivity index (χ2n) is 6.79. The van der Waals surface area contributed by atoms with Crippen LogP contribution in [0.5, 0.6) is 0 Å². The molecule has 2 heterocycles. The number of amides is 4. The fourth-order valence-corrected chi connectivity index (χ4v) is 4.96. The van der Waals surface area contributed by atoms with Crippen LogP contribution in [0.2, 0.25) is 0 Å². The number of hydrogen-bond donors (Lipinski definition) is 1. The predicted octanol–water partition coefficient (Wildman–Crippen LogP) is 2.38. The molecule has 1 aliphatic carbocycles. The molecule has 0 unspecified atom stereocenters. The van der Waals surface area contributed by atoms with E-state index in [4.69, 9.17) is 0 Å². The van der Waals surface area contributed by atoms with Gasteiger partial charge in [-0.2, -0.15) is 0 Å². The first-order valence-electron chi connectivity index (χ1n) is 8.77. The van der Waals surface area contributed by atoms with Crippen LogP contribution in [0, 0.1) is 0 Å². The number of fused-ring (bicyclic) bond motifs is 1. The summed E-state index contributed by atoms with van der Waals surface area (Å²) < 4.78 is 0. The summed E-state index contributed by atoms with van der Waals surface area (Å²) in [5.41, 5.74) is 0.224. The molecule has 7 heteroatoms. The van der Waals surface area contributed by atoms with Gasteiger partial charge in [0.15, 0.2) is 0 Å². The van der Waals surface area contributed by atoms with E-state index in [1.54, 1.807) is 16.7 Å². The molecular formula is C18H21N3O3S. The molecule has 4 amide bonds. The molecule has 4 rings (SSSR count). The van der Waals surface area contributed by atoms with Gasteiger partial charge in [0.2, 0.25) is 5.91 Å². The number of benzene rings is 1. The molecule has 0 aromatic heterocycles. The summed E-state index contributed by atoms with van der Waals surface area (Å²) in [5.74, 6) is 0.660. The number of para-hydroxylation sites is 1. The Labute approximate surface area is 150 Å². The summed E-state index contributed by atoms with van der Waals surface area (Å²) >= 11 is 1.74. The summed E-state index contributed by atoms with van der Waals surface area (Å²) in [6, 6.07) is 7.50. The van der Waals surface area contributed by atoms with Crippen LogP contribution in [0.15, 0.2) is 29.2 Å². The second kappa shape index (κ2) is 6.37. The number of thioether (sulfide) groups is 1. The van der Waals surface area contributed by atoms with Gasteiger partial charge in [-0.15, -0.1) is 11.8 Å². The van der Waals surface area contributed by atoms with Crippen LogP contribution < -0.4 is 10.2 Å². The lowest BCUT2D eigenvalue weighted by Crippen LogP contribution is -2.44. The highest BCUT2D eigenvalue weighted by atomic mass is 32.2. The van der Waals surface area contributed by atoms with Crippen molar-refractivity contribution in [1.29, 1.82) is 0 Å². The van der Waals surface area contributed by atoms with Crippen LogP contribution in [0.1, 0.15) is 32.1 Å². The van der Waals surface area contributed by atoms with Gasteiger partial charge in [-0.3, -0.25) is 14.5 Å². The summed E-state index contributed by atoms with van der Waals surface area (Å²) in [5, 5.41) is 2.86. The number of anilines is 1. The summed E-state index contributed by atoms with van der Waals surface area (Å²) in [6.45, 7) is 0.807. The van der Waals surface area contributed by atoms with Gasteiger partial charge >= 0.3 is 6.03 Å². The van der Waals surface area contributed by atoms with Crippen LogP contribution in [-0.4, -0.2) is 47.1 Å². The number of rotatable bonds is 3. The largest absolute Gasteiger partial charge is 0.325 e. The molecule has 1 aromatic rings. The highest BCUT2D eigenvalue weighted by Gasteiger charge is 2.52. The van der Waals surface area contributed by atoms with Gasteiger partial charge in [0.1, 0.15) is 5.54 Å². The van der Waals surface area contributed by atoms with E-state index in [1.807, 2.05) is 24.3 Å². The monoisotopic (exact) mass is 359 g/mol. The van der Waals surface area contributed by atoms with Crippen LogP contribution >= 0.6 is 11.8 Å². The van der Waals surface area contributed by atoms with Crippen molar-refractivity contribution in [3.05, 3.63) is 24.3 Å². The highest BCUT2D eigenvalue weighted by molar-refractivity contribution is 7.99. The molecule has 2 aliphatic heterocycles. The number of imide groups is 1. The highest BCUT2D eigenvalue weighted by Crippen LogP contribution is 2.36. The zero-order chi connectivity index (χ0) is 17.4. The van der Waals surface area contributed by atoms with E-state index in [0.717, 1.165) is 29.2 Å². The van der Waals surface area contributed by atoms with Crippen molar-refractivity contribution in [2.75, 3.05) is 23.7 Å². The van der Waals surface area contributed by atoms with E-state index in [9.17, 15) is 14.4 Å². The third kappa shape index (κ3) is 2.80. The average Bonchev–Trinajstić information content (AvgIpc) is 3.18. The molecule has 0 radical (unpaired) electrons. The number of nitrogens with one attached hydrogen (secondary N) is 1. The van der Waals surface area contributed by atoms with Crippen molar-refractivity contribution in [1.82, 2.24) is 10.2 Å². The molecule has 0 bridgehead atoms. The molecule has 132 valence electrons. The van der Waals surface area contributed by atoms with E-state index in [2.05, 4.69) is 5.32 Å². The van der Waals surface area contributed by atoms with E-state index in [0.29, 0.717) is 19.4 Å². The topological polar surface area (TPSA) is 69.7 Å². The summed E-state index contributed by atoms with van der Waals surface area (Å²) in [7, 11) is 0. The normalized spacial score (nSPS) is 21.6. The summed E-state index contributed by atoms with van der Waals surface area (Å²) in [6.07, 6.45) is 3.49. The molecule has 2 fully saturated rings. The molecular weight excluding hydrogens is 338 g/mol. The molecule has 25 heavy (non-hydrogen) atoms. The molecule has 0 atom stereocenters. The van der Waals surface area contributed by atoms with Gasteiger partial charge in [-0.25, -0.2) is 4.79 Å². The molecule has 1 saturated carbocycles. The minimum absolute atomic E-state index is 0.0410. The zero-order valence-corrected chi connectivity index (χ0v) is 14.8. The van der Waals surface area contributed by atoms with Crippen molar-refractivity contribution in [2.45, 2.75) is 42.5 Å². The Bertz CT molecular complexity index is 730. The third-order valence-corrected chi connectivity index (χ3v) is 6.32. The molecule has 1 spiro atoms. The quantitative estimate of drug-likeness (QED) is 0.842.